The summed E-state index contributed by atoms with van der Waals surface area (Å²) in [6.45, 7) is 3.92. The number of carbonyl (C=O) groups is 1. The number of carbonyl (C=O) groups excluding carboxylic acids is 1. The van der Waals surface area contributed by atoms with Crippen molar-refractivity contribution in [3.63, 3.8) is 0 Å². The smallest absolute Gasteiger partial charge is 0.153 e. The van der Waals surface area contributed by atoms with Gasteiger partial charge in [0.05, 0.1) is 5.56 Å². The average molecular weight is 219 g/mol. The molecule has 1 aromatic rings. The number of benzene rings is 1. The molecule has 0 aliphatic carbocycles. The summed E-state index contributed by atoms with van der Waals surface area (Å²) in [6, 6.07) is 3.73. The van der Waals surface area contributed by atoms with Crippen molar-refractivity contribution in [3.8, 4) is 5.75 Å². The molecule has 1 aliphatic rings. The van der Waals surface area contributed by atoms with Gasteiger partial charge in [-0.25, -0.2) is 0 Å². The topological polar surface area (TPSA) is 49.3 Å². The molecule has 0 amide bonds. The third-order valence-electron chi connectivity index (χ3n) is 3.22. The monoisotopic (exact) mass is 219 g/mol. The minimum Gasteiger partial charge on any atom is -0.507 e. The summed E-state index contributed by atoms with van der Waals surface area (Å²) < 4.78 is 0. The number of hydrogen-bond acceptors (Lipinski definition) is 3. The largest absolute Gasteiger partial charge is 0.507 e. The highest BCUT2D eigenvalue weighted by Crippen LogP contribution is 2.34. The molecule has 0 bridgehead atoms. The molecule has 0 unspecified atom stereocenters. The van der Waals surface area contributed by atoms with Gasteiger partial charge >= 0.3 is 0 Å². The van der Waals surface area contributed by atoms with Crippen LogP contribution < -0.4 is 5.32 Å². The third-order valence-corrected chi connectivity index (χ3v) is 3.22. The number of rotatable bonds is 2. The second-order valence-corrected chi connectivity index (χ2v) is 4.43. The number of phenols is 1. The molecule has 1 fully saturated rings. The Morgan fingerprint density at radius 2 is 2.06 bits per heavy atom. The number of nitrogens with one attached hydrogen (secondary N) is 1. The molecule has 3 heteroatoms. The number of aldehydes is 1. The Labute approximate surface area is 95.5 Å². The fraction of sp³-hybridized carbons (Fsp3) is 0.462. The van der Waals surface area contributed by atoms with E-state index in [1.807, 2.05) is 13.0 Å². The summed E-state index contributed by atoms with van der Waals surface area (Å²) in [6.07, 6.45) is 2.78. The normalized spacial score (nSPS) is 17.3. The number of piperidine rings is 1. The number of aryl methyl sites for hydroxylation is 1. The lowest BCUT2D eigenvalue weighted by molar-refractivity contribution is 0.112. The molecule has 2 N–H and O–H groups in total. The van der Waals surface area contributed by atoms with E-state index in [0.29, 0.717) is 11.5 Å². The number of hydrogen-bond donors (Lipinski definition) is 2. The Morgan fingerprint density at radius 1 is 1.38 bits per heavy atom. The van der Waals surface area contributed by atoms with Crippen molar-refractivity contribution in [2.24, 2.45) is 0 Å². The lowest BCUT2D eigenvalue weighted by Gasteiger charge is -2.24. The minimum atomic E-state index is 0.174. The van der Waals surface area contributed by atoms with Gasteiger partial charge in [0.15, 0.2) is 6.29 Å². The van der Waals surface area contributed by atoms with Crippen molar-refractivity contribution >= 4 is 6.29 Å². The maximum atomic E-state index is 10.8. The maximum Gasteiger partial charge on any atom is 0.153 e. The standard InChI is InChI=1S/C13H17NO2/c1-9-6-11(8-15)13(16)12(7-9)10-2-4-14-5-3-10/h6-8,10,14,16H,2-5H2,1H3. The first-order chi connectivity index (χ1) is 7.72. The highest BCUT2D eigenvalue weighted by atomic mass is 16.3. The van der Waals surface area contributed by atoms with Crippen molar-refractivity contribution in [2.75, 3.05) is 13.1 Å². The third kappa shape index (κ3) is 2.09. The first-order valence-corrected chi connectivity index (χ1v) is 5.71. The molecule has 0 radical (unpaired) electrons. The van der Waals surface area contributed by atoms with Gasteiger partial charge in [-0.3, -0.25) is 4.79 Å². The van der Waals surface area contributed by atoms with Crippen LogP contribution in [0.4, 0.5) is 0 Å². The van der Waals surface area contributed by atoms with Gasteiger partial charge in [-0.1, -0.05) is 6.07 Å². The fourth-order valence-corrected chi connectivity index (χ4v) is 2.37. The molecule has 86 valence electrons. The zero-order valence-electron chi connectivity index (χ0n) is 9.49. The summed E-state index contributed by atoms with van der Waals surface area (Å²) in [4.78, 5) is 10.8. The van der Waals surface area contributed by atoms with Crippen LogP contribution in [0.5, 0.6) is 5.75 Å². The quantitative estimate of drug-likeness (QED) is 0.748. The Hall–Kier alpha value is -1.35. The van der Waals surface area contributed by atoms with E-state index in [-0.39, 0.29) is 5.75 Å². The SMILES string of the molecule is Cc1cc(C=O)c(O)c(C2CCNCC2)c1. The van der Waals surface area contributed by atoms with Crippen LogP contribution in [0.2, 0.25) is 0 Å². The van der Waals surface area contributed by atoms with Crippen LogP contribution in [0.15, 0.2) is 12.1 Å². The molecule has 0 atom stereocenters. The lowest BCUT2D eigenvalue weighted by Crippen LogP contribution is -2.26. The van der Waals surface area contributed by atoms with Crippen LogP contribution in [0.3, 0.4) is 0 Å². The van der Waals surface area contributed by atoms with Gasteiger partial charge in [-0.2, -0.15) is 0 Å². The van der Waals surface area contributed by atoms with E-state index in [9.17, 15) is 9.90 Å². The predicted molar refractivity (Wildman–Crippen MR) is 63.1 cm³/mol. The van der Waals surface area contributed by atoms with Crippen LogP contribution in [0.25, 0.3) is 0 Å². The second-order valence-electron chi connectivity index (χ2n) is 4.43. The zero-order valence-corrected chi connectivity index (χ0v) is 9.49. The highest BCUT2D eigenvalue weighted by molar-refractivity contribution is 5.80. The highest BCUT2D eigenvalue weighted by Gasteiger charge is 2.20. The molecular formula is C13H17NO2. The van der Waals surface area contributed by atoms with Crippen molar-refractivity contribution < 1.29 is 9.90 Å². The van der Waals surface area contributed by atoms with Crippen molar-refractivity contribution in [1.82, 2.24) is 5.32 Å². The van der Waals surface area contributed by atoms with Crippen molar-refractivity contribution in [1.29, 1.82) is 0 Å². The average Bonchev–Trinajstić information content (AvgIpc) is 2.33. The van der Waals surface area contributed by atoms with Crippen LogP contribution in [-0.4, -0.2) is 24.5 Å². The Balaban J connectivity index is 2.38. The molecule has 0 aromatic heterocycles. The Morgan fingerprint density at radius 3 is 2.69 bits per heavy atom. The van der Waals surface area contributed by atoms with Crippen LogP contribution in [0, 0.1) is 6.92 Å². The van der Waals surface area contributed by atoms with E-state index in [1.54, 1.807) is 6.07 Å². The fourth-order valence-electron chi connectivity index (χ4n) is 2.37. The van der Waals surface area contributed by atoms with E-state index < -0.39 is 0 Å². The second kappa shape index (κ2) is 4.66. The molecule has 1 aliphatic heterocycles. The summed E-state index contributed by atoms with van der Waals surface area (Å²) >= 11 is 0. The first kappa shape index (κ1) is 11.1. The summed E-state index contributed by atoms with van der Waals surface area (Å²) in [5, 5.41) is 13.3. The minimum absolute atomic E-state index is 0.174. The van der Waals surface area contributed by atoms with Crippen LogP contribution >= 0.6 is 0 Å². The van der Waals surface area contributed by atoms with E-state index in [4.69, 9.17) is 0 Å². The first-order valence-electron chi connectivity index (χ1n) is 5.71. The van der Waals surface area contributed by atoms with Crippen molar-refractivity contribution in [2.45, 2.75) is 25.7 Å². The van der Waals surface area contributed by atoms with E-state index in [2.05, 4.69) is 5.32 Å². The van der Waals surface area contributed by atoms with E-state index in [1.165, 1.54) is 0 Å². The molecule has 1 saturated heterocycles. The molecule has 16 heavy (non-hydrogen) atoms. The van der Waals surface area contributed by atoms with Crippen molar-refractivity contribution in [3.05, 3.63) is 28.8 Å². The molecule has 0 saturated carbocycles. The summed E-state index contributed by atoms with van der Waals surface area (Å²) in [5.74, 6) is 0.548. The van der Waals surface area contributed by atoms with Gasteiger partial charge < -0.3 is 10.4 Å². The molecule has 2 rings (SSSR count). The number of aromatic hydroxyl groups is 1. The number of phenolic OH excluding ortho intramolecular Hbond substituents is 1. The predicted octanol–water partition coefficient (Wildman–Crippen LogP) is 1.98. The Kier molecular flexibility index (Phi) is 3.25. The van der Waals surface area contributed by atoms with Crippen LogP contribution in [-0.2, 0) is 0 Å². The lowest BCUT2D eigenvalue weighted by atomic mass is 9.87. The van der Waals surface area contributed by atoms with Gasteiger partial charge in [0, 0.05) is 0 Å². The van der Waals surface area contributed by atoms with E-state index >= 15 is 0 Å². The zero-order chi connectivity index (χ0) is 11.5. The summed E-state index contributed by atoms with van der Waals surface area (Å²) in [7, 11) is 0. The van der Waals surface area contributed by atoms with Crippen LogP contribution in [0.1, 0.15) is 40.2 Å². The van der Waals surface area contributed by atoms with Gasteiger partial charge in [0.1, 0.15) is 5.75 Å². The van der Waals surface area contributed by atoms with Gasteiger partial charge in [0.25, 0.3) is 0 Å². The Bertz CT molecular complexity index is 395. The van der Waals surface area contributed by atoms with Gasteiger partial charge in [0.2, 0.25) is 0 Å². The van der Waals surface area contributed by atoms with Gasteiger partial charge in [-0.15, -0.1) is 0 Å². The molecule has 1 heterocycles. The maximum absolute atomic E-state index is 10.8. The molecule has 1 aromatic carbocycles. The molecular weight excluding hydrogens is 202 g/mol. The van der Waals surface area contributed by atoms with Gasteiger partial charge in [-0.05, 0) is 56.0 Å². The summed E-state index contributed by atoms with van der Waals surface area (Å²) in [5.41, 5.74) is 2.38. The molecule has 0 spiro atoms. The van der Waals surface area contributed by atoms with E-state index in [0.717, 1.165) is 43.3 Å². The molecule has 3 nitrogen and oxygen atoms in total.